The second-order valence-electron chi connectivity index (χ2n) is 3.30. The lowest BCUT2D eigenvalue weighted by Gasteiger charge is -2.06. The van der Waals surface area contributed by atoms with Crippen molar-refractivity contribution in [3.63, 3.8) is 0 Å². The first kappa shape index (κ1) is 11.0. The molecular weight excluding hydrogens is 204 g/mol. The SMILES string of the molecule is Cc1cc(C(=O)NCC(C)CCl)on1. The highest BCUT2D eigenvalue weighted by molar-refractivity contribution is 6.18. The number of carbonyl (C=O) groups excluding carboxylic acids is 1. The number of aromatic nitrogens is 1. The first-order chi connectivity index (χ1) is 6.63. The van der Waals surface area contributed by atoms with Crippen LogP contribution in [0.2, 0.25) is 0 Å². The summed E-state index contributed by atoms with van der Waals surface area (Å²) >= 11 is 5.60. The van der Waals surface area contributed by atoms with Crippen molar-refractivity contribution < 1.29 is 9.32 Å². The molecule has 1 unspecified atom stereocenters. The highest BCUT2D eigenvalue weighted by Gasteiger charge is 2.11. The van der Waals surface area contributed by atoms with E-state index in [1.807, 2.05) is 6.92 Å². The third kappa shape index (κ3) is 3.03. The van der Waals surface area contributed by atoms with Crippen LogP contribution in [-0.2, 0) is 0 Å². The van der Waals surface area contributed by atoms with Crippen LogP contribution in [0.1, 0.15) is 23.2 Å². The minimum Gasteiger partial charge on any atom is -0.351 e. The predicted octanol–water partition coefficient (Wildman–Crippen LogP) is 1.59. The molecule has 0 aliphatic rings. The zero-order valence-corrected chi connectivity index (χ0v) is 8.97. The average Bonchev–Trinajstić information content (AvgIpc) is 2.60. The van der Waals surface area contributed by atoms with Crippen molar-refractivity contribution >= 4 is 17.5 Å². The molecule has 4 nitrogen and oxygen atoms in total. The Bertz CT molecular complexity index is 312. The molecule has 0 saturated heterocycles. The van der Waals surface area contributed by atoms with Gasteiger partial charge >= 0.3 is 0 Å². The van der Waals surface area contributed by atoms with Gasteiger partial charge in [-0.05, 0) is 12.8 Å². The van der Waals surface area contributed by atoms with E-state index < -0.39 is 0 Å². The van der Waals surface area contributed by atoms with Crippen LogP contribution in [-0.4, -0.2) is 23.5 Å². The number of alkyl halides is 1. The summed E-state index contributed by atoms with van der Waals surface area (Å²) in [5.74, 6) is 0.770. The third-order valence-corrected chi connectivity index (χ3v) is 2.25. The maximum Gasteiger partial charge on any atom is 0.289 e. The van der Waals surface area contributed by atoms with Crippen molar-refractivity contribution in [3.8, 4) is 0 Å². The standard InChI is InChI=1S/C9H13ClN2O2/c1-6(4-10)5-11-9(13)8-3-7(2)12-14-8/h3,6H,4-5H2,1-2H3,(H,11,13). The molecule has 78 valence electrons. The topological polar surface area (TPSA) is 55.1 Å². The number of carbonyl (C=O) groups is 1. The number of hydrogen-bond acceptors (Lipinski definition) is 3. The van der Waals surface area contributed by atoms with E-state index in [2.05, 4.69) is 10.5 Å². The van der Waals surface area contributed by atoms with Crippen LogP contribution in [0.4, 0.5) is 0 Å². The summed E-state index contributed by atoms with van der Waals surface area (Å²) < 4.78 is 4.80. The first-order valence-corrected chi connectivity index (χ1v) is 4.94. The molecule has 0 aromatic carbocycles. The summed E-state index contributed by atoms with van der Waals surface area (Å²) in [4.78, 5) is 11.4. The number of rotatable bonds is 4. The van der Waals surface area contributed by atoms with E-state index in [0.717, 1.165) is 0 Å². The normalized spacial score (nSPS) is 12.5. The maximum absolute atomic E-state index is 11.4. The monoisotopic (exact) mass is 216 g/mol. The molecule has 0 spiro atoms. The molecule has 1 N–H and O–H groups in total. The Labute approximate surface area is 87.6 Å². The van der Waals surface area contributed by atoms with E-state index in [4.69, 9.17) is 16.1 Å². The summed E-state index contributed by atoms with van der Waals surface area (Å²) in [5, 5.41) is 6.33. The Morgan fingerprint density at radius 1 is 1.79 bits per heavy atom. The molecule has 0 aliphatic carbocycles. The number of amides is 1. The largest absolute Gasteiger partial charge is 0.351 e. The van der Waals surface area contributed by atoms with Gasteiger partial charge in [0, 0.05) is 18.5 Å². The lowest BCUT2D eigenvalue weighted by Crippen LogP contribution is -2.28. The summed E-state index contributed by atoms with van der Waals surface area (Å²) in [6.45, 7) is 4.27. The molecule has 0 saturated carbocycles. The van der Waals surface area contributed by atoms with Crippen molar-refractivity contribution in [2.75, 3.05) is 12.4 Å². The van der Waals surface area contributed by atoms with Gasteiger partial charge in [0.2, 0.25) is 5.76 Å². The van der Waals surface area contributed by atoms with Gasteiger partial charge in [-0.2, -0.15) is 0 Å². The summed E-state index contributed by atoms with van der Waals surface area (Å²) in [7, 11) is 0. The van der Waals surface area contributed by atoms with Crippen molar-refractivity contribution in [2.45, 2.75) is 13.8 Å². The van der Waals surface area contributed by atoms with Gasteiger partial charge in [0.25, 0.3) is 5.91 Å². The molecule has 1 heterocycles. The molecule has 14 heavy (non-hydrogen) atoms. The van der Waals surface area contributed by atoms with E-state index >= 15 is 0 Å². The summed E-state index contributed by atoms with van der Waals surface area (Å²) in [6.07, 6.45) is 0. The smallest absolute Gasteiger partial charge is 0.289 e. The van der Waals surface area contributed by atoms with E-state index in [0.29, 0.717) is 18.1 Å². The molecule has 1 rings (SSSR count). The molecule has 0 aliphatic heterocycles. The first-order valence-electron chi connectivity index (χ1n) is 4.41. The zero-order valence-electron chi connectivity index (χ0n) is 8.21. The highest BCUT2D eigenvalue weighted by Crippen LogP contribution is 2.02. The number of nitrogens with one attached hydrogen (secondary N) is 1. The average molecular weight is 217 g/mol. The number of hydrogen-bond donors (Lipinski definition) is 1. The van der Waals surface area contributed by atoms with E-state index in [-0.39, 0.29) is 17.6 Å². The Morgan fingerprint density at radius 2 is 2.50 bits per heavy atom. The fourth-order valence-corrected chi connectivity index (χ4v) is 0.988. The van der Waals surface area contributed by atoms with Crippen LogP contribution < -0.4 is 5.32 Å². The third-order valence-electron chi connectivity index (χ3n) is 1.73. The van der Waals surface area contributed by atoms with Gasteiger partial charge in [-0.3, -0.25) is 4.79 Å². The van der Waals surface area contributed by atoms with Crippen molar-refractivity contribution in [3.05, 3.63) is 17.5 Å². The molecule has 1 aromatic heterocycles. The van der Waals surface area contributed by atoms with Gasteiger partial charge in [0.1, 0.15) is 0 Å². The predicted molar refractivity (Wildman–Crippen MR) is 53.5 cm³/mol. The fraction of sp³-hybridized carbons (Fsp3) is 0.556. The molecule has 1 aromatic rings. The highest BCUT2D eigenvalue weighted by atomic mass is 35.5. The van der Waals surface area contributed by atoms with Gasteiger partial charge in [0.15, 0.2) is 0 Å². The Balaban J connectivity index is 2.43. The summed E-state index contributed by atoms with van der Waals surface area (Å²) in [6, 6.07) is 1.60. The second-order valence-corrected chi connectivity index (χ2v) is 3.61. The van der Waals surface area contributed by atoms with Crippen LogP contribution in [0.3, 0.4) is 0 Å². The number of aryl methyl sites for hydroxylation is 1. The van der Waals surface area contributed by atoms with Gasteiger partial charge in [-0.15, -0.1) is 11.6 Å². The Kier molecular flexibility index (Phi) is 3.95. The van der Waals surface area contributed by atoms with Gasteiger partial charge < -0.3 is 9.84 Å². The van der Waals surface area contributed by atoms with Crippen LogP contribution in [0.5, 0.6) is 0 Å². The second kappa shape index (κ2) is 5.00. The zero-order chi connectivity index (χ0) is 10.6. The molecule has 0 radical (unpaired) electrons. The fourth-order valence-electron chi connectivity index (χ4n) is 0.879. The molecule has 1 amide bonds. The van der Waals surface area contributed by atoms with Gasteiger partial charge in [-0.1, -0.05) is 12.1 Å². The Morgan fingerprint density at radius 3 is 3.00 bits per heavy atom. The van der Waals surface area contributed by atoms with Crippen molar-refractivity contribution in [1.29, 1.82) is 0 Å². The van der Waals surface area contributed by atoms with Crippen molar-refractivity contribution in [1.82, 2.24) is 10.5 Å². The minimum atomic E-state index is -0.248. The Hall–Kier alpha value is -1.03. The molecule has 5 heteroatoms. The van der Waals surface area contributed by atoms with E-state index in [9.17, 15) is 4.79 Å². The van der Waals surface area contributed by atoms with Crippen LogP contribution in [0, 0.1) is 12.8 Å². The lowest BCUT2D eigenvalue weighted by atomic mass is 10.2. The lowest BCUT2D eigenvalue weighted by molar-refractivity contribution is 0.0912. The summed E-state index contributed by atoms with van der Waals surface area (Å²) in [5.41, 5.74) is 0.695. The van der Waals surface area contributed by atoms with E-state index in [1.54, 1.807) is 13.0 Å². The van der Waals surface area contributed by atoms with E-state index in [1.165, 1.54) is 0 Å². The molecule has 0 fully saturated rings. The number of nitrogens with zero attached hydrogens (tertiary/aromatic N) is 1. The van der Waals surface area contributed by atoms with Crippen LogP contribution in [0.25, 0.3) is 0 Å². The molecular formula is C9H13ClN2O2. The molecule has 0 bridgehead atoms. The minimum absolute atomic E-state index is 0.240. The van der Waals surface area contributed by atoms with Gasteiger partial charge in [-0.25, -0.2) is 0 Å². The maximum atomic E-state index is 11.4. The van der Waals surface area contributed by atoms with Gasteiger partial charge in [0.05, 0.1) is 5.69 Å². The molecule has 1 atom stereocenters. The van der Waals surface area contributed by atoms with Crippen LogP contribution >= 0.6 is 11.6 Å². The quantitative estimate of drug-likeness (QED) is 0.778. The van der Waals surface area contributed by atoms with Crippen molar-refractivity contribution in [2.24, 2.45) is 5.92 Å². The number of halogens is 1. The van der Waals surface area contributed by atoms with Crippen LogP contribution in [0.15, 0.2) is 10.6 Å².